The van der Waals surface area contributed by atoms with Gasteiger partial charge in [-0.3, -0.25) is 9.89 Å². The molecule has 2 aliphatic rings. The number of guanidine groups is 1. The highest BCUT2D eigenvalue weighted by atomic mass is 127. The zero-order chi connectivity index (χ0) is 16.1. The Morgan fingerprint density at radius 2 is 2.33 bits per heavy atom. The van der Waals surface area contributed by atoms with Gasteiger partial charge < -0.3 is 10.6 Å². The molecule has 24 heavy (non-hydrogen) atoms. The van der Waals surface area contributed by atoms with Gasteiger partial charge in [0, 0.05) is 55.6 Å². The largest absolute Gasteiger partial charge is 0.356 e. The van der Waals surface area contributed by atoms with E-state index in [1.54, 1.807) is 11.3 Å². The Morgan fingerprint density at radius 1 is 1.50 bits per heavy atom. The van der Waals surface area contributed by atoms with E-state index in [0.717, 1.165) is 41.6 Å². The zero-order valence-corrected chi connectivity index (χ0v) is 18.4. The predicted molar refractivity (Wildman–Crippen MR) is 115 cm³/mol. The molecule has 0 aromatic carbocycles. The number of thiazole rings is 1. The van der Waals surface area contributed by atoms with Gasteiger partial charge in [-0.15, -0.1) is 35.3 Å². The third-order valence-corrected chi connectivity index (χ3v) is 6.50. The highest BCUT2D eigenvalue weighted by Gasteiger charge is 2.38. The van der Waals surface area contributed by atoms with Crippen molar-refractivity contribution >= 4 is 53.0 Å². The van der Waals surface area contributed by atoms with Gasteiger partial charge in [-0.1, -0.05) is 11.8 Å². The maximum atomic E-state index is 4.37. The van der Waals surface area contributed by atoms with Gasteiger partial charge in [-0.25, -0.2) is 4.98 Å². The molecule has 1 aromatic rings. The molecule has 2 atom stereocenters. The molecule has 5 nitrogen and oxygen atoms in total. The average molecular weight is 481 g/mol. The molecule has 0 bridgehead atoms. The van der Waals surface area contributed by atoms with E-state index in [0.29, 0.717) is 12.1 Å². The number of hydrogen-bond acceptors (Lipinski definition) is 5. The summed E-state index contributed by atoms with van der Waals surface area (Å²) in [6.07, 6.45) is 6.98. The molecule has 1 saturated carbocycles. The maximum Gasteiger partial charge on any atom is 0.191 e. The third kappa shape index (κ3) is 6.03. The smallest absolute Gasteiger partial charge is 0.191 e. The molecule has 1 aliphatic heterocycles. The second kappa shape index (κ2) is 10.2. The number of rotatable bonds is 7. The molecule has 0 radical (unpaired) electrons. The lowest BCUT2D eigenvalue weighted by Gasteiger charge is -2.20. The molecule has 2 heterocycles. The first-order valence-electron chi connectivity index (χ1n) is 8.51. The molecule has 136 valence electrons. The van der Waals surface area contributed by atoms with Crippen LogP contribution in [0.4, 0.5) is 0 Å². The Kier molecular flexibility index (Phi) is 8.59. The number of aliphatic imine (C=N–C) groups is 1. The molecule has 0 spiro atoms. The number of thioether (sulfide) groups is 1. The fraction of sp³-hybridized carbons (Fsp3) is 0.750. The number of halogens is 1. The van der Waals surface area contributed by atoms with Gasteiger partial charge in [0.15, 0.2) is 5.96 Å². The minimum Gasteiger partial charge on any atom is -0.356 e. The van der Waals surface area contributed by atoms with Crippen LogP contribution in [0.5, 0.6) is 0 Å². The zero-order valence-electron chi connectivity index (χ0n) is 14.4. The minimum atomic E-state index is 0. The Hall–Kier alpha value is -0.0600. The van der Waals surface area contributed by atoms with Crippen LogP contribution in [0.2, 0.25) is 0 Å². The minimum absolute atomic E-state index is 0. The molecule has 0 amide bonds. The topological polar surface area (TPSA) is 52.6 Å². The van der Waals surface area contributed by atoms with Crippen LogP contribution >= 0.6 is 47.1 Å². The van der Waals surface area contributed by atoms with Gasteiger partial charge in [0.1, 0.15) is 4.34 Å². The van der Waals surface area contributed by atoms with Crippen molar-refractivity contribution < 1.29 is 0 Å². The van der Waals surface area contributed by atoms with E-state index in [1.807, 2.05) is 30.4 Å². The lowest BCUT2D eigenvalue weighted by atomic mass is 10.2. The Morgan fingerprint density at radius 3 is 3.00 bits per heavy atom. The molecule has 3 rings (SSSR count). The Bertz CT molecular complexity index is 507. The van der Waals surface area contributed by atoms with Crippen molar-refractivity contribution in [2.75, 3.05) is 25.9 Å². The summed E-state index contributed by atoms with van der Waals surface area (Å²) in [6, 6.07) is 2.09. The van der Waals surface area contributed by atoms with E-state index in [-0.39, 0.29) is 24.0 Å². The molecule has 1 aromatic heterocycles. The van der Waals surface area contributed by atoms with Crippen molar-refractivity contribution in [2.45, 2.75) is 55.1 Å². The van der Waals surface area contributed by atoms with E-state index in [4.69, 9.17) is 0 Å². The van der Waals surface area contributed by atoms with Gasteiger partial charge >= 0.3 is 0 Å². The molecule has 2 unspecified atom stereocenters. The van der Waals surface area contributed by atoms with Crippen LogP contribution in [-0.4, -0.2) is 59.9 Å². The first kappa shape index (κ1) is 20.3. The summed E-state index contributed by atoms with van der Waals surface area (Å²) in [5.74, 6) is 2.03. The van der Waals surface area contributed by atoms with Gasteiger partial charge in [0.25, 0.3) is 0 Å². The molecule has 2 N–H and O–H groups in total. The monoisotopic (exact) mass is 481 g/mol. The molecule has 1 aliphatic carbocycles. The number of likely N-dealkylation sites (tertiary alicyclic amines) is 1. The van der Waals surface area contributed by atoms with E-state index in [2.05, 4.69) is 32.4 Å². The first-order chi connectivity index (χ1) is 11.3. The fourth-order valence-corrected chi connectivity index (χ4v) is 4.83. The van der Waals surface area contributed by atoms with Crippen LogP contribution in [0.15, 0.2) is 20.9 Å². The van der Waals surface area contributed by atoms with Gasteiger partial charge in [-0.05, 0) is 32.6 Å². The first-order valence-corrected chi connectivity index (χ1v) is 10.4. The van der Waals surface area contributed by atoms with Gasteiger partial charge in [0.2, 0.25) is 0 Å². The van der Waals surface area contributed by atoms with Crippen molar-refractivity contribution in [3.05, 3.63) is 11.6 Å². The van der Waals surface area contributed by atoms with E-state index >= 15 is 0 Å². The molecular weight excluding hydrogens is 453 g/mol. The predicted octanol–water partition coefficient (Wildman–Crippen LogP) is 3.03. The molecular formula is C16H28IN5S2. The second-order valence-electron chi connectivity index (χ2n) is 6.35. The quantitative estimate of drug-likeness (QED) is 0.206. The molecule has 8 heteroatoms. The van der Waals surface area contributed by atoms with Crippen LogP contribution in [0.3, 0.4) is 0 Å². The van der Waals surface area contributed by atoms with Crippen LogP contribution in [-0.2, 0) is 0 Å². The lowest BCUT2D eigenvalue weighted by molar-refractivity contribution is 0.256. The van der Waals surface area contributed by atoms with Gasteiger partial charge in [-0.2, -0.15) is 0 Å². The van der Waals surface area contributed by atoms with Crippen molar-refractivity contribution in [1.29, 1.82) is 0 Å². The summed E-state index contributed by atoms with van der Waals surface area (Å²) in [7, 11) is 1.86. The number of aromatic nitrogens is 1. The van der Waals surface area contributed by atoms with Crippen LogP contribution < -0.4 is 10.6 Å². The second-order valence-corrected chi connectivity index (χ2v) is 8.59. The summed E-state index contributed by atoms with van der Waals surface area (Å²) < 4.78 is 1.16. The number of nitrogens with one attached hydrogen (secondary N) is 2. The van der Waals surface area contributed by atoms with Crippen molar-refractivity contribution in [3.63, 3.8) is 0 Å². The van der Waals surface area contributed by atoms with Crippen molar-refractivity contribution in [3.8, 4) is 0 Å². The normalized spacial score (nSPS) is 24.7. The van der Waals surface area contributed by atoms with Gasteiger partial charge in [0.05, 0.1) is 0 Å². The summed E-state index contributed by atoms with van der Waals surface area (Å²) in [5.41, 5.74) is 0. The van der Waals surface area contributed by atoms with Crippen LogP contribution in [0.1, 0.15) is 32.6 Å². The number of hydrogen-bond donors (Lipinski definition) is 2. The lowest BCUT2D eigenvalue weighted by Crippen LogP contribution is -2.45. The van der Waals surface area contributed by atoms with E-state index < -0.39 is 0 Å². The van der Waals surface area contributed by atoms with E-state index in [9.17, 15) is 0 Å². The van der Waals surface area contributed by atoms with E-state index in [1.165, 1.54) is 19.3 Å². The summed E-state index contributed by atoms with van der Waals surface area (Å²) in [6.45, 7) is 4.46. The maximum absolute atomic E-state index is 4.37. The number of nitrogens with zero attached hydrogens (tertiary/aromatic N) is 3. The summed E-state index contributed by atoms with van der Waals surface area (Å²) in [4.78, 5) is 11.3. The molecule has 2 fully saturated rings. The van der Waals surface area contributed by atoms with Crippen molar-refractivity contribution in [1.82, 2.24) is 20.5 Å². The summed E-state index contributed by atoms with van der Waals surface area (Å²) in [5, 5.41) is 9.06. The standard InChI is InChI=1S/C16H27N5S2.HI/c1-12-10-13(11-21(12)14-4-5-14)20-15(17-2)18-6-3-8-22-16-19-7-9-23-16;/h7,9,12-14H,3-6,8,10-11H2,1-2H3,(H2,17,18,20);1H. The molecule has 1 saturated heterocycles. The third-order valence-electron chi connectivity index (χ3n) is 4.45. The SMILES string of the molecule is CN=C(NCCCSc1nccs1)NC1CC(C)N(C2CC2)C1.I. The summed E-state index contributed by atoms with van der Waals surface area (Å²) >= 11 is 3.54. The Labute approximate surface area is 170 Å². The van der Waals surface area contributed by atoms with Crippen LogP contribution in [0.25, 0.3) is 0 Å². The average Bonchev–Trinajstić information content (AvgIpc) is 3.13. The fourth-order valence-electron chi connectivity index (χ4n) is 3.18. The Balaban J connectivity index is 0.00000208. The van der Waals surface area contributed by atoms with Crippen molar-refractivity contribution in [2.24, 2.45) is 4.99 Å². The highest BCUT2D eigenvalue weighted by Crippen LogP contribution is 2.33. The highest BCUT2D eigenvalue weighted by molar-refractivity contribution is 14.0. The van der Waals surface area contributed by atoms with Crippen LogP contribution in [0, 0.1) is 0 Å².